The molecule has 6 heteroatoms. The van der Waals surface area contributed by atoms with Crippen molar-refractivity contribution in [2.45, 2.75) is 43.9 Å². The van der Waals surface area contributed by atoms with Gasteiger partial charge in [-0.15, -0.1) is 0 Å². The smallest absolute Gasteiger partial charge is 0.335 e. The first kappa shape index (κ1) is 24.8. The average molecular weight is 533 g/mol. The van der Waals surface area contributed by atoms with E-state index >= 15 is 0 Å². The number of nitrogens with one attached hydrogen (secondary N) is 1. The van der Waals surface area contributed by atoms with Crippen molar-refractivity contribution >= 4 is 40.4 Å². The van der Waals surface area contributed by atoms with Crippen LogP contribution in [-0.2, 0) is 15.0 Å². The third-order valence-electron chi connectivity index (χ3n) is 9.45. The van der Waals surface area contributed by atoms with Gasteiger partial charge in [0.1, 0.15) is 17.9 Å². The number of hydrogen-bond acceptors (Lipinski definition) is 4. The minimum Gasteiger partial charge on any atom is -0.489 e. The van der Waals surface area contributed by atoms with Gasteiger partial charge in [-0.2, -0.15) is 0 Å². The van der Waals surface area contributed by atoms with Crippen LogP contribution in [0.25, 0.3) is 16.8 Å². The van der Waals surface area contributed by atoms with E-state index in [0.29, 0.717) is 17.0 Å². The molecule has 0 unspecified atom stereocenters. The quantitative estimate of drug-likeness (QED) is 0.222. The van der Waals surface area contributed by atoms with Gasteiger partial charge in [0.25, 0.3) is 11.8 Å². The third-order valence-corrected chi connectivity index (χ3v) is 9.45. The Hall–Kier alpha value is -4.19. The van der Waals surface area contributed by atoms with E-state index in [-0.39, 0.29) is 17.6 Å². The molecular weight excluding hydrogens is 500 g/mol. The van der Waals surface area contributed by atoms with Gasteiger partial charge >= 0.3 is 6.03 Å². The summed E-state index contributed by atoms with van der Waals surface area (Å²) in [5, 5.41) is 4.14. The molecule has 1 N–H and O–H groups in total. The second-order valence-electron chi connectivity index (χ2n) is 12.0. The second kappa shape index (κ2) is 9.47. The van der Waals surface area contributed by atoms with Gasteiger partial charge < -0.3 is 4.74 Å². The second-order valence-corrected chi connectivity index (χ2v) is 12.0. The van der Waals surface area contributed by atoms with Crippen molar-refractivity contribution < 1.29 is 19.1 Å². The molecule has 0 spiro atoms. The first-order valence-corrected chi connectivity index (χ1v) is 14.2. The van der Waals surface area contributed by atoms with Crippen molar-refractivity contribution in [2.24, 2.45) is 17.8 Å². The summed E-state index contributed by atoms with van der Waals surface area (Å²) in [6.07, 6.45) is 11.0. The minimum absolute atomic E-state index is 0.121. The molecule has 6 nitrogen and oxygen atoms in total. The lowest BCUT2D eigenvalue weighted by atomic mass is 9.48. The minimum atomic E-state index is -0.740. The fourth-order valence-corrected chi connectivity index (χ4v) is 8.16. The highest BCUT2D eigenvalue weighted by Gasteiger charge is 2.51. The maximum Gasteiger partial charge on any atom is 0.335 e. The average Bonchev–Trinajstić information content (AvgIpc) is 2.94. The van der Waals surface area contributed by atoms with Crippen LogP contribution in [0, 0.1) is 17.8 Å². The highest BCUT2D eigenvalue weighted by Crippen LogP contribution is 2.60. The molecule has 8 rings (SSSR count). The Kier molecular flexibility index (Phi) is 5.88. The zero-order valence-corrected chi connectivity index (χ0v) is 22.4. The molecular formula is C34H32N2O4. The summed E-state index contributed by atoms with van der Waals surface area (Å²) in [5.74, 6) is 1.63. The van der Waals surface area contributed by atoms with Crippen molar-refractivity contribution in [1.82, 2.24) is 5.32 Å². The van der Waals surface area contributed by atoms with E-state index in [1.54, 1.807) is 6.08 Å². The van der Waals surface area contributed by atoms with Gasteiger partial charge in [0.15, 0.2) is 0 Å². The van der Waals surface area contributed by atoms with Crippen LogP contribution >= 0.6 is 0 Å². The monoisotopic (exact) mass is 532 g/mol. The number of nitrogens with zero attached hydrogens (tertiary/aromatic N) is 1. The molecule has 1 saturated heterocycles. The Morgan fingerprint density at radius 1 is 0.900 bits per heavy atom. The normalized spacial score (nSPS) is 28.3. The standard InChI is InChI=1S/C34H32N2O4/c1-2-13-40-30-12-7-24-5-3-4-6-27(24)28(30)17-29-31(37)35-33(39)36(32(29)38)26-10-8-25(9-11-26)34-18-21-14-22(19-34)16-23(15-21)20-34/h2-12,17,21-23H,1,13-16,18-20H2,(H,35,37,39)/b29-17+. The first-order valence-electron chi connectivity index (χ1n) is 14.2. The van der Waals surface area contributed by atoms with Crippen LogP contribution in [0.15, 0.2) is 78.9 Å². The Labute approximate surface area is 233 Å². The van der Waals surface area contributed by atoms with E-state index in [4.69, 9.17) is 4.74 Å². The highest BCUT2D eigenvalue weighted by molar-refractivity contribution is 6.39. The summed E-state index contributed by atoms with van der Waals surface area (Å²) < 4.78 is 5.87. The molecule has 0 atom stereocenters. The number of anilines is 1. The Bertz CT molecular complexity index is 1550. The zero-order valence-electron chi connectivity index (χ0n) is 22.4. The van der Waals surface area contributed by atoms with Crippen LogP contribution in [0.5, 0.6) is 5.75 Å². The Balaban J connectivity index is 1.23. The first-order chi connectivity index (χ1) is 19.4. The molecule has 0 aromatic heterocycles. The maximum atomic E-state index is 13.7. The van der Waals surface area contributed by atoms with Crippen molar-refractivity contribution in [3.05, 3.63) is 90.0 Å². The molecule has 4 aliphatic carbocycles. The van der Waals surface area contributed by atoms with Crippen molar-refractivity contribution in [3.8, 4) is 5.75 Å². The van der Waals surface area contributed by atoms with Gasteiger partial charge in [-0.25, -0.2) is 9.69 Å². The van der Waals surface area contributed by atoms with Crippen molar-refractivity contribution in [1.29, 1.82) is 0 Å². The lowest BCUT2D eigenvalue weighted by Crippen LogP contribution is -2.54. The maximum absolute atomic E-state index is 13.7. The van der Waals surface area contributed by atoms with E-state index in [1.807, 2.05) is 48.5 Å². The number of carbonyl (C=O) groups is 3. The number of carbonyl (C=O) groups excluding carboxylic acids is 3. The number of barbiturate groups is 1. The fraction of sp³-hybridized carbons (Fsp3) is 0.324. The Morgan fingerprint density at radius 2 is 1.57 bits per heavy atom. The van der Waals surface area contributed by atoms with Gasteiger partial charge in [-0.3, -0.25) is 14.9 Å². The molecule has 4 amide bonds. The fourth-order valence-electron chi connectivity index (χ4n) is 8.16. The number of urea groups is 1. The lowest BCUT2D eigenvalue weighted by Gasteiger charge is -2.57. The van der Waals surface area contributed by atoms with E-state index in [2.05, 4.69) is 24.0 Å². The molecule has 0 radical (unpaired) electrons. The summed E-state index contributed by atoms with van der Waals surface area (Å²) in [6, 6.07) is 18.6. The van der Waals surface area contributed by atoms with Crippen LogP contribution in [0.1, 0.15) is 49.7 Å². The van der Waals surface area contributed by atoms with Crippen LogP contribution in [0.3, 0.4) is 0 Å². The van der Waals surface area contributed by atoms with E-state index in [0.717, 1.165) is 33.4 Å². The molecule has 5 fully saturated rings. The summed E-state index contributed by atoms with van der Waals surface area (Å²) >= 11 is 0. The number of fused-ring (bicyclic) bond motifs is 1. The van der Waals surface area contributed by atoms with Gasteiger partial charge in [0, 0.05) is 5.56 Å². The van der Waals surface area contributed by atoms with Gasteiger partial charge in [-0.1, -0.05) is 55.1 Å². The summed E-state index contributed by atoms with van der Waals surface area (Å²) in [5.41, 5.74) is 2.47. The van der Waals surface area contributed by atoms with Gasteiger partial charge in [0.2, 0.25) is 0 Å². The molecule has 1 heterocycles. The van der Waals surface area contributed by atoms with E-state index in [9.17, 15) is 14.4 Å². The third kappa shape index (κ3) is 4.05. The van der Waals surface area contributed by atoms with Gasteiger partial charge in [-0.05, 0) is 102 Å². The number of benzene rings is 3. The molecule has 4 bridgehead atoms. The number of imide groups is 2. The van der Waals surface area contributed by atoms with E-state index < -0.39 is 17.8 Å². The van der Waals surface area contributed by atoms with E-state index in [1.165, 1.54) is 50.2 Å². The summed E-state index contributed by atoms with van der Waals surface area (Å²) in [4.78, 5) is 40.7. The van der Waals surface area contributed by atoms with Crippen LogP contribution in [0.4, 0.5) is 10.5 Å². The topological polar surface area (TPSA) is 75.7 Å². The number of hydrogen-bond donors (Lipinski definition) is 1. The predicted molar refractivity (Wildman–Crippen MR) is 155 cm³/mol. The zero-order chi connectivity index (χ0) is 27.4. The molecule has 4 saturated carbocycles. The van der Waals surface area contributed by atoms with Crippen LogP contribution in [-0.4, -0.2) is 24.5 Å². The molecule has 202 valence electrons. The summed E-state index contributed by atoms with van der Waals surface area (Å²) in [6.45, 7) is 3.99. The number of rotatable bonds is 6. The summed E-state index contributed by atoms with van der Waals surface area (Å²) in [7, 11) is 0. The highest BCUT2D eigenvalue weighted by atomic mass is 16.5. The van der Waals surface area contributed by atoms with Gasteiger partial charge in [0.05, 0.1) is 5.69 Å². The molecule has 3 aromatic carbocycles. The SMILES string of the molecule is C=CCOc1ccc2ccccc2c1/C=C1\C(=O)NC(=O)N(c2ccc(C34CC5CC(CC(C5)C3)C4)cc2)C1=O. The Morgan fingerprint density at radius 3 is 2.25 bits per heavy atom. The number of amides is 4. The molecule has 3 aromatic rings. The van der Waals surface area contributed by atoms with Crippen LogP contribution in [0.2, 0.25) is 0 Å². The lowest BCUT2D eigenvalue weighted by molar-refractivity contribution is -0.122. The van der Waals surface area contributed by atoms with Crippen molar-refractivity contribution in [2.75, 3.05) is 11.5 Å². The van der Waals surface area contributed by atoms with Crippen molar-refractivity contribution in [3.63, 3.8) is 0 Å². The molecule has 1 aliphatic heterocycles. The largest absolute Gasteiger partial charge is 0.489 e. The molecule has 5 aliphatic rings. The predicted octanol–water partition coefficient (Wildman–Crippen LogP) is 6.54. The molecule has 40 heavy (non-hydrogen) atoms. The number of ether oxygens (including phenoxy) is 1. The van der Waals surface area contributed by atoms with Crippen LogP contribution < -0.4 is 15.0 Å².